The summed E-state index contributed by atoms with van der Waals surface area (Å²) in [6.07, 6.45) is -4.37. The molecule has 0 amide bonds. The Morgan fingerprint density at radius 2 is 1.95 bits per heavy atom. The summed E-state index contributed by atoms with van der Waals surface area (Å²) in [4.78, 5) is 5.31. The molecule has 6 heteroatoms. The van der Waals surface area contributed by atoms with Gasteiger partial charge in [0, 0.05) is 16.5 Å². The van der Waals surface area contributed by atoms with Crippen molar-refractivity contribution in [3.8, 4) is 10.6 Å². The zero-order valence-electron chi connectivity index (χ0n) is 12.1. The van der Waals surface area contributed by atoms with E-state index in [2.05, 4.69) is 10.3 Å². The third-order valence-corrected chi connectivity index (χ3v) is 4.57. The lowest BCUT2D eigenvalue weighted by atomic mass is 10.1. The highest BCUT2D eigenvalue weighted by Crippen LogP contribution is 2.39. The van der Waals surface area contributed by atoms with E-state index in [0.717, 1.165) is 23.2 Å². The number of rotatable bonds is 4. The number of benzene rings is 1. The summed E-state index contributed by atoms with van der Waals surface area (Å²) >= 11 is 1.32. The van der Waals surface area contributed by atoms with Crippen LogP contribution in [0.25, 0.3) is 10.6 Å². The van der Waals surface area contributed by atoms with Gasteiger partial charge in [0.05, 0.1) is 11.3 Å². The number of halogens is 3. The Morgan fingerprint density at radius 1 is 1.29 bits per heavy atom. The number of hydrogen-bond acceptors (Lipinski definition) is 3. The van der Waals surface area contributed by atoms with Gasteiger partial charge < -0.3 is 5.32 Å². The molecule has 0 saturated carbocycles. The molecule has 1 unspecified atom stereocenters. The van der Waals surface area contributed by atoms with Crippen LogP contribution in [-0.4, -0.2) is 11.5 Å². The molecule has 1 heterocycles. The van der Waals surface area contributed by atoms with Crippen LogP contribution in [-0.2, 0) is 6.18 Å². The van der Waals surface area contributed by atoms with Crippen LogP contribution in [0.2, 0.25) is 0 Å². The van der Waals surface area contributed by atoms with Crippen molar-refractivity contribution in [3.63, 3.8) is 0 Å². The fourth-order valence-electron chi connectivity index (χ4n) is 2.24. The lowest BCUT2D eigenvalue weighted by Crippen LogP contribution is -2.17. The number of aromatic nitrogens is 1. The molecule has 2 aromatic rings. The molecule has 0 aliphatic carbocycles. The predicted octanol–water partition coefficient (Wildman–Crippen LogP) is 4.81. The fourth-order valence-corrected chi connectivity index (χ4v) is 3.37. The Hall–Kier alpha value is -1.40. The van der Waals surface area contributed by atoms with Gasteiger partial charge in [-0.25, -0.2) is 4.98 Å². The minimum atomic E-state index is -4.37. The normalized spacial score (nSPS) is 13.4. The maximum atomic E-state index is 13.1. The van der Waals surface area contributed by atoms with Gasteiger partial charge in [-0.15, -0.1) is 11.3 Å². The molecule has 114 valence electrons. The van der Waals surface area contributed by atoms with Crippen LogP contribution in [0.15, 0.2) is 24.3 Å². The largest absolute Gasteiger partial charge is 0.417 e. The second-order valence-corrected chi connectivity index (χ2v) is 5.82. The third kappa shape index (κ3) is 3.44. The second-order valence-electron chi connectivity index (χ2n) is 4.79. The Morgan fingerprint density at radius 3 is 2.57 bits per heavy atom. The summed E-state index contributed by atoms with van der Waals surface area (Å²) in [7, 11) is 0. The molecule has 0 fully saturated rings. The van der Waals surface area contributed by atoms with Crippen molar-refractivity contribution in [2.24, 2.45) is 0 Å². The monoisotopic (exact) mass is 314 g/mol. The SMILES string of the molecule is CCNC(C)c1sc(-c2ccccc2C(F)(F)F)nc1C. The molecule has 0 spiro atoms. The van der Waals surface area contributed by atoms with E-state index in [1.807, 2.05) is 20.8 Å². The number of nitrogens with zero attached hydrogens (tertiary/aromatic N) is 1. The van der Waals surface area contributed by atoms with Crippen LogP contribution in [0.5, 0.6) is 0 Å². The van der Waals surface area contributed by atoms with Gasteiger partial charge in [-0.1, -0.05) is 25.1 Å². The van der Waals surface area contributed by atoms with Crippen molar-refractivity contribution < 1.29 is 13.2 Å². The second kappa shape index (κ2) is 6.15. The zero-order chi connectivity index (χ0) is 15.6. The van der Waals surface area contributed by atoms with E-state index < -0.39 is 11.7 Å². The number of nitrogens with one attached hydrogen (secondary N) is 1. The quantitative estimate of drug-likeness (QED) is 0.876. The van der Waals surface area contributed by atoms with Gasteiger partial charge in [0.2, 0.25) is 0 Å². The Labute approximate surface area is 126 Å². The zero-order valence-corrected chi connectivity index (χ0v) is 12.9. The number of thiazole rings is 1. The highest BCUT2D eigenvalue weighted by molar-refractivity contribution is 7.15. The van der Waals surface area contributed by atoms with Crippen molar-refractivity contribution in [2.75, 3.05) is 6.54 Å². The summed E-state index contributed by atoms with van der Waals surface area (Å²) in [5, 5.41) is 3.68. The first-order valence-corrected chi connectivity index (χ1v) is 7.53. The highest BCUT2D eigenvalue weighted by atomic mass is 32.1. The fraction of sp³-hybridized carbons (Fsp3) is 0.400. The van der Waals surface area contributed by atoms with E-state index in [-0.39, 0.29) is 11.6 Å². The summed E-state index contributed by atoms with van der Waals surface area (Å²) in [5.41, 5.74) is 0.287. The Balaban J connectivity index is 2.47. The first kappa shape index (κ1) is 16.0. The van der Waals surface area contributed by atoms with Crippen LogP contribution in [0.1, 0.15) is 36.0 Å². The first-order valence-electron chi connectivity index (χ1n) is 6.72. The van der Waals surface area contributed by atoms with Crippen molar-refractivity contribution in [3.05, 3.63) is 40.4 Å². The van der Waals surface area contributed by atoms with E-state index in [9.17, 15) is 13.2 Å². The first-order chi connectivity index (χ1) is 9.84. The summed E-state index contributed by atoms with van der Waals surface area (Å²) in [5.74, 6) is 0. The molecule has 0 saturated heterocycles. The van der Waals surface area contributed by atoms with Gasteiger partial charge in [0.1, 0.15) is 5.01 Å². The molecule has 0 radical (unpaired) electrons. The van der Waals surface area contributed by atoms with E-state index in [1.54, 1.807) is 6.07 Å². The molecule has 1 aromatic carbocycles. The molecule has 1 atom stereocenters. The molecule has 21 heavy (non-hydrogen) atoms. The van der Waals surface area contributed by atoms with Crippen LogP contribution < -0.4 is 5.32 Å². The topological polar surface area (TPSA) is 24.9 Å². The van der Waals surface area contributed by atoms with Crippen LogP contribution in [0.4, 0.5) is 13.2 Å². The average molecular weight is 314 g/mol. The van der Waals surface area contributed by atoms with E-state index in [1.165, 1.54) is 23.5 Å². The molecule has 1 N–H and O–H groups in total. The van der Waals surface area contributed by atoms with Crippen LogP contribution in [0.3, 0.4) is 0 Å². The van der Waals surface area contributed by atoms with Gasteiger partial charge in [-0.05, 0) is 26.5 Å². The molecule has 0 aliphatic rings. The van der Waals surface area contributed by atoms with Crippen molar-refractivity contribution in [1.29, 1.82) is 0 Å². The predicted molar refractivity (Wildman–Crippen MR) is 79.4 cm³/mol. The van der Waals surface area contributed by atoms with Crippen molar-refractivity contribution >= 4 is 11.3 Å². The molecule has 1 aromatic heterocycles. The molecule has 2 rings (SSSR count). The van der Waals surface area contributed by atoms with Crippen LogP contribution >= 0.6 is 11.3 Å². The van der Waals surface area contributed by atoms with Crippen molar-refractivity contribution in [2.45, 2.75) is 33.0 Å². The van der Waals surface area contributed by atoms with Crippen molar-refractivity contribution in [1.82, 2.24) is 10.3 Å². The molecule has 0 bridgehead atoms. The standard InChI is InChI=1S/C15H17F3N2S/c1-4-19-9(2)13-10(3)20-14(21-13)11-7-5-6-8-12(11)15(16,17)18/h5-9,19H,4H2,1-3H3. The molecule has 2 nitrogen and oxygen atoms in total. The smallest absolute Gasteiger partial charge is 0.310 e. The van der Waals surface area contributed by atoms with E-state index >= 15 is 0 Å². The summed E-state index contributed by atoms with van der Waals surface area (Å²) < 4.78 is 39.3. The van der Waals surface area contributed by atoms with E-state index in [0.29, 0.717) is 5.01 Å². The maximum absolute atomic E-state index is 13.1. The minimum absolute atomic E-state index is 0.0827. The molecular formula is C15H17F3N2S. The number of hydrogen-bond donors (Lipinski definition) is 1. The molecular weight excluding hydrogens is 297 g/mol. The van der Waals surface area contributed by atoms with Gasteiger partial charge >= 0.3 is 6.18 Å². The van der Waals surface area contributed by atoms with Crippen LogP contribution in [0, 0.1) is 6.92 Å². The third-order valence-electron chi connectivity index (χ3n) is 3.20. The molecule has 0 aliphatic heterocycles. The van der Waals surface area contributed by atoms with E-state index in [4.69, 9.17) is 0 Å². The Bertz CT molecular complexity index is 620. The summed E-state index contributed by atoms with van der Waals surface area (Å²) in [6.45, 7) is 6.61. The number of alkyl halides is 3. The van der Waals surface area contributed by atoms with Gasteiger partial charge in [0.25, 0.3) is 0 Å². The van der Waals surface area contributed by atoms with Gasteiger partial charge in [-0.3, -0.25) is 0 Å². The summed E-state index contributed by atoms with van der Waals surface area (Å²) in [6, 6.07) is 5.66. The Kier molecular flexibility index (Phi) is 4.68. The number of aryl methyl sites for hydroxylation is 1. The lowest BCUT2D eigenvalue weighted by Gasteiger charge is -2.11. The minimum Gasteiger partial charge on any atom is -0.310 e. The lowest BCUT2D eigenvalue weighted by molar-refractivity contribution is -0.137. The highest BCUT2D eigenvalue weighted by Gasteiger charge is 2.34. The average Bonchev–Trinajstić information content (AvgIpc) is 2.80. The van der Waals surface area contributed by atoms with Gasteiger partial charge in [-0.2, -0.15) is 13.2 Å². The van der Waals surface area contributed by atoms with Gasteiger partial charge in [0.15, 0.2) is 0 Å². The maximum Gasteiger partial charge on any atom is 0.417 e.